The minimum atomic E-state index is -2.89. The number of nitrogen functional groups attached to an aromatic ring is 1. The maximum absolute atomic E-state index is 13.4. The van der Waals surface area contributed by atoms with Crippen molar-refractivity contribution in [2.45, 2.75) is 25.7 Å². The van der Waals surface area contributed by atoms with Gasteiger partial charge in [-0.1, -0.05) is 6.07 Å². The monoisotopic (exact) mass is 212 g/mol. The Morgan fingerprint density at radius 3 is 2.80 bits per heavy atom. The molecule has 0 atom stereocenters. The quantitative estimate of drug-likeness (QED) is 0.702. The van der Waals surface area contributed by atoms with Gasteiger partial charge in [0.25, 0.3) is 5.92 Å². The molecule has 82 valence electrons. The van der Waals surface area contributed by atoms with Crippen LogP contribution in [0.1, 0.15) is 24.5 Å². The fraction of sp³-hybridized carbons (Fsp3) is 0.455. The Labute approximate surface area is 87.5 Å². The molecule has 0 aliphatic carbocycles. The average molecular weight is 212 g/mol. The molecule has 0 bridgehead atoms. The highest BCUT2D eigenvalue weighted by molar-refractivity contribution is 5.70. The van der Waals surface area contributed by atoms with Gasteiger partial charge in [0.15, 0.2) is 0 Å². The Balaban J connectivity index is 2.60. The smallest absolute Gasteiger partial charge is 0.274 e. The zero-order chi connectivity index (χ0) is 11.1. The van der Waals surface area contributed by atoms with Gasteiger partial charge >= 0.3 is 0 Å². The standard InChI is InChI=1S/C11H14F2N2/c1-11(12,13)9-8(14)5-4-7-3-2-6-15-10(7)9/h4-5,15H,2-3,6,14H2,1H3. The number of nitrogens with one attached hydrogen (secondary N) is 1. The Bertz CT molecular complexity index is 383. The van der Waals surface area contributed by atoms with Gasteiger partial charge in [-0.15, -0.1) is 0 Å². The van der Waals surface area contributed by atoms with Crippen LogP contribution in [-0.2, 0) is 12.3 Å². The first-order valence-corrected chi connectivity index (χ1v) is 5.03. The molecule has 4 heteroatoms. The van der Waals surface area contributed by atoms with E-state index in [0.29, 0.717) is 5.69 Å². The molecule has 0 spiro atoms. The number of hydrogen-bond acceptors (Lipinski definition) is 2. The highest BCUT2D eigenvalue weighted by Gasteiger charge is 2.32. The van der Waals surface area contributed by atoms with Gasteiger partial charge in [0, 0.05) is 24.8 Å². The van der Waals surface area contributed by atoms with E-state index in [-0.39, 0.29) is 11.3 Å². The van der Waals surface area contributed by atoms with Crippen molar-refractivity contribution < 1.29 is 8.78 Å². The normalized spacial score (nSPS) is 15.7. The van der Waals surface area contributed by atoms with Gasteiger partial charge in [0.2, 0.25) is 0 Å². The van der Waals surface area contributed by atoms with Crippen molar-refractivity contribution in [3.63, 3.8) is 0 Å². The summed E-state index contributed by atoms with van der Waals surface area (Å²) in [5.74, 6) is -2.89. The van der Waals surface area contributed by atoms with Crippen LogP contribution < -0.4 is 11.1 Å². The number of rotatable bonds is 1. The van der Waals surface area contributed by atoms with Crippen LogP contribution in [0.2, 0.25) is 0 Å². The number of alkyl halides is 2. The summed E-state index contributed by atoms with van der Waals surface area (Å²) >= 11 is 0. The van der Waals surface area contributed by atoms with Gasteiger partial charge in [-0.2, -0.15) is 0 Å². The van der Waals surface area contributed by atoms with E-state index >= 15 is 0 Å². The zero-order valence-electron chi connectivity index (χ0n) is 8.61. The summed E-state index contributed by atoms with van der Waals surface area (Å²) in [5.41, 5.74) is 7.19. The second kappa shape index (κ2) is 3.36. The Kier molecular flexibility index (Phi) is 2.29. The number of hydrogen-bond donors (Lipinski definition) is 2. The fourth-order valence-electron chi connectivity index (χ4n) is 2.04. The molecule has 0 radical (unpaired) electrons. The molecule has 1 aromatic carbocycles. The maximum Gasteiger partial charge on any atom is 0.274 e. The van der Waals surface area contributed by atoms with Gasteiger partial charge in [-0.3, -0.25) is 0 Å². The van der Waals surface area contributed by atoms with Crippen molar-refractivity contribution in [3.05, 3.63) is 23.3 Å². The van der Waals surface area contributed by atoms with Crippen LogP contribution in [0.25, 0.3) is 0 Å². The summed E-state index contributed by atoms with van der Waals surface area (Å²) in [4.78, 5) is 0. The van der Waals surface area contributed by atoms with Crippen LogP contribution in [0.3, 0.4) is 0 Å². The molecule has 1 aromatic rings. The van der Waals surface area contributed by atoms with Crippen LogP contribution in [0.5, 0.6) is 0 Å². The van der Waals surface area contributed by atoms with Gasteiger partial charge in [0.05, 0.1) is 5.56 Å². The van der Waals surface area contributed by atoms with E-state index in [0.717, 1.165) is 31.9 Å². The van der Waals surface area contributed by atoms with Crippen molar-refractivity contribution in [2.75, 3.05) is 17.6 Å². The highest BCUT2D eigenvalue weighted by atomic mass is 19.3. The minimum absolute atomic E-state index is 0.0558. The summed E-state index contributed by atoms with van der Waals surface area (Å²) in [6, 6.07) is 3.39. The van der Waals surface area contributed by atoms with E-state index in [4.69, 9.17) is 5.73 Å². The highest BCUT2D eigenvalue weighted by Crippen LogP contribution is 2.40. The van der Waals surface area contributed by atoms with Gasteiger partial charge in [-0.05, 0) is 24.5 Å². The fourth-order valence-corrected chi connectivity index (χ4v) is 2.04. The predicted molar refractivity (Wildman–Crippen MR) is 57.2 cm³/mol. The van der Waals surface area contributed by atoms with Crippen LogP contribution in [0.4, 0.5) is 20.2 Å². The van der Waals surface area contributed by atoms with E-state index in [9.17, 15) is 8.78 Å². The van der Waals surface area contributed by atoms with Crippen molar-refractivity contribution >= 4 is 11.4 Å². The molecule has 0 unspecified atom stereocenters. The first-order chi connectivity index (χ1) is 7.00. The van der Waals surface area contributed by atoms with Crippen molar-refractivity contribution in [1.82, 2.24) is 0 Å². The molecule has 2 nitrogen and oxygen atoms in total. The molecule has 1 aliphatic heterocycles. The molecule has 0 saturated carbocycles. The van der Waals surface area contributed by atoms with Gasteiger partial charge in [-0.25, -0.2) is 8.78 Å². The van der Waals surface area contributed by atoms with E-state index < -0.39 is 5.92 Å². The molecule has 1 heterocycles. The third kappa shape index (κ3) is 1.76. The molecule has 3 N–H and O–H groups in total. The van der Waals surface area contributed by atoms with E-state index in [1.807, 2.05) is 6.07 Å². The van der Waals surface area contributed by atoms with Crippen molar-refractivity contribution in [3.8, 4) is 0 Å². The molecular formula is C11H14F2N2. The van der Waals surface area contributed by atoms with Gasteiger partial charge in [0.1, 0.15) is 0 Å². The molecule has 2 rings (SSSR count). The second-order valence-electron chi connectivity index (χ2n) is 3.98. The number of aryl methyl sites for hydroxylation is 1. The summed E-state index contributed by atoms with van der Waals surface area (Å²) in [6.45, 7) is 1.62. The number of benzene rings is 1. The average Bonchev–Trinajstić information content (AvgIpc) is 2.15. The summed E-state index contributed by atoms with van der Waals surface area (Å²) < 4.78 is 26.8. The third-order valence-corrected chi connectivity index (χ3v) is 2.69. The SMILES string of the molecule is CC(F)(F)c1c(N)ccc2c1NCCC2. The predicted octanol–water partition coefficient (Wildman–Crippen LogP) is 2.74. The second-order valence-corrected chi connectivity index (χ2v) is 3.98. The molecule has 1 aliphatic rings. The van der Waals surface area contributed by atoms with Crippen LogP contribution in [-0.4, -0.2) is 6.54 Å². The molecule has 0 fully saturated rings. The first kappa shape index (κ1) is 10.2. The van der Waals surface area contributed by atoms with Crippen LogP contribution >= 0.6 is 0 Å². The lowest BCUT2D eigenvalue weighted by atomic mass is 9.95. The number of halogens is 2. The lowest BCUT2D eigenvalue weighted by molar-refractivity contribution is 0.0189. The number of anilines is 2. The molecule has 0 amide bonds. The van der Waals surface area contributed by atoms with Crippen LogP contribution in [0.15, 0.2) is 12.1 Å². The summed E-state index contributed by atoms with van der Waals surface area (Å²) in [5, 5.41) is 3.02. The minimum Gasteiger partial charge on any atom is -0.398 e. The van der Waals surface area contributed by atoms with E-state index in [2.05, 4.69) is 5.32 Å². The molecule has 0 aromatic heterocycles. The summed E-state index contributed by atoms with van der Waals surface area (Å²) in [6.07, 6.45) is 1.82. The van der Waals surface area contributed by atoms with Crippen molar-refractivity contribution in [2.24, 2.45) is 0 Å². The first-order valence-electron chi connectivity index (χ1n) is 5.03. The van der Waals surface area contributed by atoms with E-state index in [1.54, 1.807) is 6.07 Å². The third-order valence-electron chi connectivity index (χ3n) is 2.69. The van der Waals surface area contributed by atoms with Crippen LogP contribution in [0, 0.1) is 0 Å². The topological polar surface area (TPSA) is 38.0 Å². The maximum atomic E-state index is 13.4. The van der Waals surface area contributed by atoms with Crippen molar-refractivity contribution in [1.29, 1.82) is 0 Å². The molecular weight excluding hydrogens is 198 g/mol. The lowest BCUT2D eigenvalue weighted by Gasteiger charge is -2.25. The van der Waals surface area contributed by atoms with E-state index in [1.165, 1.54) is 0 Å². The van der Waals surface area contributed by atoms with Gasteiger partial charge < -0.3 is 11.1 Å². The lowest BCUT2D eigenvalue weighted by Crippen LogP contribution is -2.20. The Hall–Kier alpha value is -1.32. The Morgan fingerprint density at radius 1 is 1.40 bits per heavy atom. The Morgan fingerprint density at radius 2 is 2.13 bits per heavy atom. The summed E-state index contributed by atoms with van der Waals surface area (Å²) in [7, 11) is 0. The number of fused-ring (bicyclic) bond motifs is 1. The number of nitrogens with two attached hydrogens (primary N) is 1. The largest absolute Gasteiger partial charge is 0.398 e. The molecule has 15 heavy (non-hydrogen) atoms. The molecule has 0 saturated heterocycles. The zero-order valence-corrected chi connectivity index (χ0v) is 8.61.